The fourth-order valence-corrected chi connectivity index (χ4v) is 2.06. The summed E-state index contributed by atoms with van der Waals surface area (Å²) in [6.45, 7) is 2.04. The molecule has 18 heavy (non-hydrogen) atoms. The van der Waals surface area contributed by atoms with Gasteiger partial charge in [-0.2, -0.15) is 0 Å². The molecule has 0 saturated heterocycles. The zero-order valence-corrected chi connectivity index (χ0v) is 11.2. The second kappa shape index (κ2) is 7.07. The van der Waals surface area contributed by atoms with Gasteiger partial charge in [0.05, 0.1) is 18.0 Å². The Hall–Kier alpha value is -1.47. The van der Waals surface area contributed by atoms with Crippen molar-refractivity contribution in [1.29, 1.82) is 0 Å². The summed E-state index contributed by atoms with van der Waals surface area (Å²) in [5, 5.41) is 3.07. The van der Waals surface area contributed by atoms with E-state index in [1.807, 2.05) is 0 Å². The van der Waals surface area contributed by atoms with Crippen LogP contribution in [0.2, 0.25) is 5.15 Å². The first-order valence-electron chi connectivity index (χ1n) is 5.04. The number of halogens is 1. The number of nitrogens with two attached hydrogens (primary N) is 1. The molecule has 0 aliphatic rings. The third-order valence-corrected chi connectivity index (χ3v) is 2.89. The number of nitrogens with zero attached hydrogens (tertiary/aromatic N) is 1. The number of carbonyl (C=O) groups excluding carboxylic acids is 2. The molecule has 98 valence electrons. The van der Waals surface area contributed by atoms with Crippen LogP contribution in [0, 0.1) is 0 Å². The van der Waals surface area contributed by atoms with Crippen molar-refractivity contribution in [3.05, 3.63) is 17.3 Å². The number of aromatic nitrogens is 1. The number of esters is 1. The van der Waals surface area contributed by atoms with Gasteiger partial charge < -0.3 is 15.8 Å². The molecule has 2 amide bonds. The Kier molecular flexibility index (Phi) is 5.73. The number of rotatable bonds is 5. The molecule has 0 saturated carbocycles. The van der Waals surface area contributed by atoms with E-state index in [9.17, 15) is 9.59 Å². The predicted molar refractivity (Wildman–Crippen MR) is 69.8 cm³/mol. The molecule has 0 aromatic carbocycles. The molecular formula is C10H12ClN3O3S. The molecule has 0 atom stereocenters. The fraction of sp³-hybridized carbons (Fsp3) is 0.300. The van der Waals surface area contributed by atoms with Crippen LogP contribution < -0.4 is 11.1 Å². The molecule has 0 bridgehead atoms. The maximum Gasteiger partial charge on any atom is 0.316 e. The molecule has 0 unspecified atom stereocenters. The molecule has 1 aromatic heterocycles. The molecule has 0 aliphatic carbocycles. The highest BCUT2D eigenvalue weighted by Crippen LogP contribution is 2.26. The van der Waals surface area contributed by atoms with Gasteiger partial charge in [0.15, 0.2) is 0 Å². The van der Waals surface area contributed by atoms with E-state index in [1.54, 1.807) is 13.0 Å². The minimum atomic E-state index is -0.711. The molecule has 0 spiro atoms. The van der Waals surface area contributed by atoms with E-state index < -0.39 is 6.03 Å². The van der Waals surface area contributed by atoms with Crippen molar-refractivity contribution < 1.29 is 14.3 Å². The van der Waals surface area contributed by atoms with Crippen molar-refractivity contribution in [2.45, 2.75) is 11.9 Å². The lowest BCUT2D eigenvalue weighted by molar-refractivity contribution is -0.139. The average Bonchev–Trinajstić information content (AvgIpc) is 2.29. The number of nitrogens with one attached hydrogen (secondary N) is 1. The lowest BCUT2D eigenvalue weighted by Crippen LogP contribution is -2.20. The van der Waals surface area contributed by atoms with Crippen LogP contribution in [-0.4, -0.2) is 29.3 Å². The zero-order valence-electron chi connectivity index (χ0n) is 9.60. The molecule has 6 nitrogen and oxygen atoms in total. The monoisotopic (exact) mass is 289 g/mol. The zero-order chi connectivity index (χ0) is 13.5. The number of urea groups is 1. The molecule has 0 radical (unpaired) electrons. The number of primary amides is 1. The summed E-state index contributed by atoms with van der Waals surface area (Å²) in [6.07, 6.45) is 0. The summed E-state index contributed by atoms with van der Waals surface area (Å²) in [7, 11) is 0. The Balaban J connectivity index is 2.75. The maximum atomic E-state index is 11.2. The lowest BCUT2D eigenvalue weighted by atomic mass is 10.4. The number of hydrogen-bond donors (Lipinski definition) is 2. The van der Waals surface area contributed by atoms with Crippen LogP contribution in [0.5, 0.6) is 0 Å². The van der Waals surface area contributed by atoms with Crippen LogP contribution in [-0.2, 0) is 9.53 Å². The number of anilines is 1. The van der Waals surface area contributed by atoms with Gasteiger partial charge in [0.25, 0.3) is 0 Å². The maximum absolute atomic E-state index is 11.2. The van der Waals surface area contributed by atoms with Crippen LogP contribution in [0.3, 0.4) is 0 Å². The first kappa shape index (κ1) is 14.6. The van der Waals surface area contributed by atoms with Gasteiger partial charge in [-0.3, -0.25) is 4.79 Å². The Morgan fingerprint density at radius 2 is 2.28 bits per heavy atom. The van der Waals surface area contributed by atoms with Crippen LogP contribution >= 0.6 is 23.4 Å². The van der Waals surface area contributed by atoms with Gasteiger partial charge in [0, 0.05) is 0 Å². The summed E-state index contributed by atoms with van der Waals surface area (Å²) in [5.41, 5.74) is 5.43. The minimum Gasteiger partial charge on any atom is -0.465 e. The number of thioether (sulfide) groups is 1. The number of carbonyl (C=O) groups is 2. The lowest BCUT2D eigenvalue weighted by Gasteiger charge is -2.08. The third-order valence-electron chi connectivity index (χ3n) is 1.72. The molecule has 1 heterocycles. The molecule has 0 fully saturated rings. The van der Waals surface area contributed by atoms with E-state index in [2.05, 4.69) is 10.3 Å². The third kappa shape index (κ3) is 4.80. The minimum absolute atomic E-state index is 0.0780. The van der Waals surface area contributed by atoms with Gasteiger partial charge >= 0.3 is 12.0 Å². The molecule has 8 heteroatoms. The van der Waals surface area contributed by atoms with Gasteiger partial charge in [-0.05, 0) is 19.1 Å². The number of hydrogen-bond acceptors (Lipinski definition) is 5. The van der Waals surface area contributed by atoms with E-state index in [0.29, 0.717) is 17.3 Å². The van der Waals surface area contributed by atoms with E-state index in [4.69, 9.17) is 22.1 Å². The molecule has 3 N–H and O–H groups in total. The average molecular weight is 290 g/mol. The summed E-state index contributed by atoms with van der Waals surface area (Å²) in [4.78, 5) is 26.0. The molecular weight excluding hydrogens is 278 g/mol. The van der Waals surface area contributed by atoms with Gasteiger partial charge in [0.1, 0.15) is 10.2 Å². The predicted octanol–water partition coefficient (Wildman–Crippen LogP) is 1.88. The van der Waals surface area contributed by atoms with Crippen molar-refractivity contribution >= 4 is 41.1 Å². The quantitative estimate of drug-likeness (QED) is 0.490. The Morgan fingerprint density at radius 3 is 2.89 bits per heavy atom. The van der Waals surface area contributed by atoms with Crippen molar-refractivity contribution in [2.75, 3.05) is 17.7 Å². The van der Waals surface area contributed by atoms with Crippen molar-refractivity contribution in [1.82, 2.24) is 4.98 Å². The van der Waals surface area contributed by atoms with Crippen molar-refractivity contribution in [2.24, 2.45) is 5.73 Å². The number of ether oxygens (including phenoxy) is 1. The van der Waals surface area contributed by atoms with E-state index in [0.717, 1.165) is 11.8 Å². The second-order valence-corrected chi connectivity index (χ2v) is 4.42. The number of amides is 2. The summed E-state index contributed by atoms with van der Waals surface area (Å²) < 4.78 is 4.78. The van der Waals surface area contributed by atoms with E-state index >= 15 is 0 Å². The standard InChI is InChI=1S/C10H12ClN3O3S/c1-2-17-8(15)5-18-9-6(13-10(12)16)3-4-7(11)14-9/h3-4H,2,5H2,1H3,(H3,12,13,16). The van der Waals surface area contributed by atoms with E-state index in [-0.39, 0.29) is 16.9 Å². The first-order chi connectivity index (χ1) is 8.52. The topological polar surface area (TPSA) is 94.3 Å². The molecule has 1 rings (SSSR count). The summed E-state index contributed by atoms with van der Waals surface area (Å²) in [6, 6.07) is 2.37. The van der Waals surface area contributed by atoms with Gasteiger partial charge in [-0.25, -0.2) is 9.78 Å². The van der Waals surface area contributed by atoms with Crippen molar-refractivity contribution in [3.8, 4) is 0 Å². The SMILES string of the molecule is CCOC(=O)CSc1nc(Cl)ccc1NC(N)=O. The first-order valence-corrected chi connectivity index (χ1v) is 6.40. The van der Waals surface area contributed by atoms with Crippen LogP contribution in [0.4, 0.5) is 10.5 Å². The smallest absolute Gasteiger partial charge is 0.316 e. The highest BCUT2D eigenvalue weighted by atomic mass is 35.5. The Morgan fingerprint density at radius 1 is 1.56 bits per heavy atom. The fourth-order valence-electron chi connectivity index (χ4n) is 1.09. The van der Waals surface area contributed by atoms with Crippen LogP contribution in [0.25, 0.3) is 0 Å². The summed E-state index contributed by atoms with van der Waals surface area (Å²) >= 11 is 6.86. The van der Waals surface area contributed by atoms with E-state index in [1.165, 1.54) is 6.07 Å². The van der Waals surface area contributed by atoms with Gasteiger partial charge in [-0.15, -0.1) is 0 Å². The summed E-state index contributed by atoms with van der Waals surface area (Å²) in [5.74, 6) is -0.288. The van der Waals surface area contributed by atoms with Crippen LogP contribution in [0.1, 0.15) is 6.92 Å². The highest BCUT2D eigenvalue weighted by molar-refractivity contribution is 8.00. The molecule has 0 aliphatic heterocycles. The normalized spacial score (nSPS) is 9.89. The van der Waals surface area contributed by atoms with Gasteiger partial charge in [-0.1, -0.05) is 23.4 Å². The van der Waals surface area contributed by atoms with Crippen molar-refractivity contribution in [3.63, 3.8) is 0 Å². The van der Waals surface area contributed by atoms with Crippen LogP contribution in [0.15, 0.2) is 17.2 Å². The number of pyridine rings is 1. The Labute approximate surface area is 113 Å². The highest BCUT2D eigenvalue weighted by Gasteiger charge is 2.10. The molecule has 1 aromatic rings. The Bertz CT molecular complexity index is 456. The second-order valence-electron chi connectivity index (χ2n) is 3.07. The van der Waals surface area contributed by atoms with Gasteiger partial charge in [0.2, 0.25) is 0 Å². The largest absolute Gasteiger partial charge is 0.465 e.